The molecule has 1 atom stereocenters. The summed E-state index contributed by atoms with van der Waals surface area (Å²) in [6.07, 6.45) is -0.641. The number of carbonyl (C=O) groups excluding carboxylic acids is 2. The summed E-state index contributed by atoms with van der Waals surface area (Å²) < 4.78 is 6.26. The number of nitrogen functional groups attached to an aromatic ring is 2. The van der Waals surface area contributed by atoms with Gasteiger partial charge in [-0.3, -0.25) is 9.59 Å². The summed E-state index contributed by atoms with van der Waals surface area (Å²) in [5, 5.41) is 31.4. The van der Waals surface area contributed by atoms with Gasteiger partial charge < -0.3 is 36.0 Å². The fraction of sp³-hybridized carbons (Fsp3) is 0.231. The second-order valence-corrected chi connectivity index (χ2v) is 9.66. The number of rotatable bonds is 6. The molecule has 0 spiro atoms. The van der Waals surface area contributed by atoms with E-state index in [2.05, 4.69) is 0 Å². The number of fused-ring (bicyclic) bond motifs is 2. The third kappa shape index (κ3) is 4.39. The molecular weight excluding hydrogens is 450 g/mol. The number of anilines is 2. The zero-order valence-corrected chi connectivity index (χ0v) is 19.7. The standard InChI is InChI=1S/C26H27N3O6/c1-29(2,3)11-14(30)12-35-15-6-4-13(5-7-15)16-10-18(28)21-23(24(16)32)26(34)20-17(27)8-9-19(31)22(20)25(21)33/h4-10,14,30H,11-12H2,1-3H3,(H5-,27,28,31,32,33,34)/p+1. The Morgan fingerprint density at radius 3 is 2.09 bits per heavy atom. The Kier molecular flexibility index (Phi) is 5.92. The van der Waals surface area contributed by atoms with Crippen molar-refractivity contribution in [2.75, 3.05) is 45.8 Å². The van der Waals surface area contributed by atoms with Crippen LogP contribution in [-0.2, 0) is 0 Å². The SMILES string of the molecule is C[N+](C)(C)CC(O)COc1ccc(-c2cc(N)c3c(c2O)C(=O)c2c(N)ccc(O)c2C3=O)cc1. The van der Waals surface area contributed by atoms with E-state index in [1.807, 2.05) is 21.1 Å². The number of nitrogens with two attached hydrogens (primary N) is 2. The number of likely N-dealkylation sites (N-methyl/N-ethyl adjacent to an activating group) is 1. The van der Waals surface area contributed by atoms with Crippen molar-refractivity contribution in [1.82, 2.24) is 0 Å². The van der Waals surface area contributed by atoms with Crippen molar-refractivity contribution in [2.45, 2.75) is 6.10 Å². The Hall–Kier alpha value is -4.08. The zero-order valence-electron chi connectivity index (χ0n) is 19.7. The highest BCUT2D eigenvalue weighted by molar-refractivity contribution is 6.33. The maximum absolute atomic E-state index is 13.3. The minimum atomic E-state index is -0.694. The monoisotopic (exact) mass is 478 g/mol. The van der Waals surface area contributed by atoms with Crippen LogP contribution in [0.15, 0.2) is 42.5 Å². The molecule has 7 N–H and O–H groups in total. The number of aliphatic hydroxyl groups is 1. The fourth-order valence-electron chi connectivity index (χ4n) is 4.32. The second kappa shape index (κ2) is 8.61. The first-order chi connectivity index (χ1) is 16.4. The van der Waals surface area contributed by atoms with E-state index < -0.39 is 23.4 Å². The quantitative estimate of drug-likeness (QED) is 0.160. The molecule has 3 aromatic carbocycles. The van der Waals surface area contributed by atoms with Gasteiger partial charge in [0.25, 0.3) is 0 Å². The summed E-state index contributed by atoms with van der Waals surface area (Å²) in [5.41, 5.74) is 12.1. The van der Waals surface area contributed by atoms with Crippen molar-refractivity contribution < 1.29 is 34.1 Å². The van der Waals surface area contributed by atoms with E-state index in [0.29, 0.717) is 22.3 Å². The van der Waals surface area contributed by atoms with Crippen LogP contribution in [0, 0.1) is 0 Å². The van der Waals surface area contributed by atoms with Crippen LogP contribution in [0.3, 0.4) is 0 Å². The first-order valence-corrected chi connectivity index (χ1v) is 11.0. The molecule has 0 fully saturated rings. The summed E-state index contributed by atoms with van der Waals surface area (Å²) in [4.78, 5) is 26.4. The van der Waals surface area contributed by atoms with Crippen LogP contribution < -0.4 is 16.2 Å². The molecular formula is C26H28N3O6+. The Morgan fingerprint density at radius 2 is 1.46 bits per heavy atom. The Labute approximate surface area is 202 Å². The number of quaternary nitrogens is 1. The van der Waals surface area contributed by atoms with Gasteiger partial charge >= 0.3 is 0 Å². The molecule has 0 saturated heterocycles. The van der Waals surface area contributed by atoms with Crippen LogP contribution in [0.5, 0.6) is 17.2 Å². The molecule has 0 bridgehead atoms. The van der Waals surface area contributed by atoms with E-state index in [9.17, 15) is 24.9 Å². The molecule has 1 unspecified atom stereocenters. The van der Waals surface area contributed by atoms with E-state index in [4.69, 9.17) is 16.2 Å². The van der Waals surface area contributed by atoms with Gasteiger partial charge in [-0.05, 0) is 35.9 Å². The molecule has 0 amide bonds. The number of benzene rings is 3. The van der Waals surface area contributed by atoms with E-state index in [1.165, 1.54) is 18.2 Å². The number of hydrogen-bond acceptors (Lipinski definition) is 8. The zero-order chi connectivity index (χ0) is 25.7. The molecule has 0 aliphatic heterocycles. The van der Waals surface area contributed by atoms with Gasteiger partial charge in [0.2, 0.25) is 11.6 Å². The molecule has 0 saturated carbocycles. The molecule has 4 rings (SSSR count). The number of phenolic OH excluding ortho intramolecular Hbond substituents is 2. The highest BCUT2D eigenvalue weighted by Gasteiger charge is 2.38. The number of phenols is 2. The minimum Gasteiger partial charge on any atom is -0.507 e. The highest BCUT2D eigenvalue weighted by atomic mass is 16.5. The van der Waals surface area contributed by atoms with Crippen molar-refractivity contribution in [3.63, 3.8) is 0 Å². The van der Waals surface area contributed by atoms with Gasteiger partial charge in [0, 0.05) is 16.9 Å². The van der Waals surface area contributed by atoms with Gasteiger partial charge in [-0.2, -0.15) is 0 Å². The molecule has 35 heavy (non-hydrogen) atoms. The maximum Gasteiger partial charge on any atom is 0.200 e. The number of ether oxygens (including phenoxy) is 1. The molecule has 182 valence electrons. The third-order valence-electron chi connectivity index (χ3n) is 5.82. The van der Waals surface area contributed by atoms with Gasteiger partial charge in [-0.25, -0.2) is 0 Å². The lowest BCUT2D eigenvalue weighted by atomic mass is 9.80. The lowest BCUT2D eigenvalue weighted by molar-refractivity contribution is -0.873. The predicted octanol–water partition coefficient (Wildman–Crippen LogP) is 2.15. The van der Waals surface area contributed by atoms with Gasteiger partial charge in [0.1, 0.15) is 36.5 Å². The van der Waals surface area contributed by atoms with Crippen LogP contribution in [0.25, 0.3) is 11.1 Å². The summed E-state index contributed by atoms with van der Waals surface area (Å²) in [6, 6.07) is 10.7. The molecule has 0 heterocycles. The van der Waals surface area contributed by atoms with Gasteiger partial charge in [0.15, 0.2) is 0 Å². The molecule has 3 aromatic rings. The van der Waals surface area contributed by atoms with Gasteiger partial charge in [-0.1, -0.05) is 12.1 Å². The number of aromatic hydroxyl groups is 2. The Morgan fingerprint density at radius 1 is 0.857 bits per heavy atom. The van der Waals surface area contributed by atoms with Crippen LogP contribution in [-0.4, -0.2) is 71.8 Å². The number of carbonyl (C=O) groups is 2. The van der Waals surface area contributed by atoms with Crippen LogP contribution in [0.4, 0.5) is 11.4 Å². The number of ketones is 2. The summed E-state index contributed by atoms with van der Waals surface area (Å²) in [6.45, 7) is 0.648. The summed E-state index contributed by atoms with van der Waals surface area (Å²) >= 11 is 0. The van der Waals surface area contributed by atoms with E-state index in [1.54, 1.807) is 24.3 Å². The predicted molar refractivity (Wildman–Crippen MR) is 132 cm³/mol. The number of hydrogen-bond donors (Lipinski definition) is 5. The maximum atomic E-state index is 13.3. The van der Waals surface area contributed by atoms with E-state index in [0.717, 1.165) is 0 Å². The molecule has 1 aliphatic carbocycles. The summed E-state index contributed by atoms with van der Waals surface area (Å²) in [5.74, 6) is -1.66. The second-order valence-electron chi connectivity index (χ2n) is 9.66. The number of aliphatic hydroxyl groups excluding tert-OH is 1. The molecule has 1 aliphatic rings. The lowest BCUT2D eigenvalue weighted by Crippen LogP contribution is -2.43. The summed E-state index contributed by atoms with van der Waals surface area (Å²) in [7, 11) is 5.92. The molecule has 0 aromatic heterocycles. The first-order valence-electron chi connectivity index (χ1n) is 11.0. The fourth-order valence-corrected chi connectivity index (χ4v) is 4.32. The smallest absolute Gasteiger partial charge is 0.200 e. The largest absolute Gasteiger partial charge is 0.507 e. The lowest BCUT2D eigenvalue weighted by Gasteiger charge is -2.26. The topological polar surface area (TPSA) is 156 Å². The van der Waals surface area contributed by atoms with Crippen LogP contribution in [0.2, 0.25) is 0 Å². The van der Waals surface area contributed by atoms with Crippen LogP contribution in [0.1, 0.15) is 31.8 Å². The van der Waals surface area contributed by atoms with Crippen molar-refractivity contribution in [3.8, 4) is 28.4 Å². The number of nitrogens with zero attached hydrogens (tertiary/aromatic N) is 1. The normalized spacial score (nSPS) is 13.8. The Balaban J connectivity index is 1.67. The van der Waals surface area contributed by atoms with Crippen molar-refractivity contribution in [3.05, 3.63) is 64.7 Å². The van der Waals surface area contributed by atoms with Crippen molar-refractivity contribution in [1.29, 1.82) is 0 Å². The van der Waals surface area contributed by atoms with E-state index in [-0.39, 0.29) is 51.5 Å². The third-order valence-corrected chi connectivity index (χ3v) is 5.82. The van der Waals surface area contributed by atoms with Gasteiger partial charge in [0.05, 0.1) is 43.4 Å². The van der Waals surface area contributed by atoms with Crippen molar-refractivity contribution in [2.24, 2.45) is 0 Å². The minimum absolute atomic E-state index is 0.0117. The Bertz CT molecular complexity index is 1340. The van der Waals surface area contributed by atoms with Crippen LogP contribution >= 0.6 is 0 Å². The van der Waals surface area contributed by atoms with Crippen molar-refractivity contribution >= 4 is 22.9 Å². The highest BCUT2D eigenvalue weighted by Crippen LogP contribution is 2.45. The van der Waals surface area contributed by atoms with E-state index >= 15 is 0 Å². The molecule has 0 radical (unpaired) electrons. The first kappa shape index (κ1) is 24.1. The molecule has 9 nitrogen and oxygen atoms in total. The average molecular weight is 479 g/mol. The van der Waals surface area contributed by atoms with Gasteiger partial charge in [-0.15, -0.1) is 0 Å². The average Bonchev–Trinajstić information content (AvgIpc) is 2.78. The molecule has 9 heteroatoms.